The summed E-state index contributed by atoms with van der Waals surface area (Å²) in [6.07, 6.45) is 3.45. The smallest absolute Gasteiger partial charge is 0.130 e. The van der Waals surface area contributed by atoms with Gasteiger partial charge in [-0.05, 0) is 17.7 Å². The molecule has 0 spiro atoms. The molecule has 0 aliphatic heterocycles. The first-order valence-corrected chi connectivity index (χ1v) is 6.65. The van der Waals surface area contributed by atoms with E-state index in [0.29, 0.717) is 24.9 Å². The molecule has 20 heavy (non-hydrogen) atoms. The Labute approximate surface area is 118 Å². The van der Waals surface area contributed by atoms with Crippen molar-refractivity contribution < 1.29 is 9.13 Å². The highest BCUT2D eigenvalue weighted by Gasteiger charge is 2.05. The zero-order valence-corrected chi connectivity index (χ0v) is 12.1. The fourth-order valence-electron chi connectivity index (χ4n) is 1.81. The van der Waals surface area contributed by atoms with Crippen LogP contribution in [0.2, 0.25) is 0 Å². The van der Waals surface area contributed by atoms with Gasteiger partial charge in [0.2, 0.25) is 0 Å². The van der Waals surface area contributed by atoms with Gasteiger partial charge in [0.25, 0.3) is 0 Å². The number of imidazole rings is 1. The molecule has 0 radical (unpaired) electrons. The van der Waals surface area contributed by atoms with Crippen LogP contribution < -0.4 is 10.1 Å². The molecule has 1 heterocycles. The summed E-state index contributed by atoms with van der Waals surface area (Å²) >= 11 is 0. The topological polar surface area (TPSA) is 39.1 Å². The van der Waals surface area contributed by atoms with Crippen LogP contribution in [0.3, 0.4) is 0 Å². The average Bonchev–Trinajstić information content (AvgIpc) is 2.79. The van der Waals surface area contributed by atoms with Crippen molar-refractivity contribution >= 4 is 0 Å². The van der Waals surface area contributed by atoms with Crippen molar-refractivity contribution in [3.05, 3.63) is 47.8 Å². The summed E-state index contributed by atoms with van der Waals surface area (Å²) in [5.41, 5.74) is 1.81. The molecule has 108 valence electrons. The van der Waals surface area contributed by atoms with E-state index in [0.717, 1.165) is 11.3 Å². The van der Waals surface area contributed by atoms with Gasteiger partial charge in [-0.1, -0.05) is 13.8 Å². The molecule has 0 saturated carbocycles. The number of nitrogens with one attached hydrogen (secondary N) is 1. The highest BCUT2D eigenvalue weighted by Crippen LogP contribution is 2.18. The molecule has 5 heteroatoms. The molecule has 0 fully saturated rings. The second-order valence-electron chi connectivity index (χ2n) is 5.12. The third-order valence-corrected chi connectivity index (χ3v) is 2.95. The fraction of sp³-hybridized carbons (Fsp3) is 0.400. The fourth-order valence-corrected chi connectivity index (χ4v) is 1.81. The van der Waals surface area contributed by atoms with Gasteiger partial charge in [0.1, 0.15) is 18.2 Å². The van der Waals surface area contributed by atoms with Gasteiger partial charge in [-0.2, -0.15) is 0 Å². The van der Waals surface area contributed by atoms with Gasteiger partial charge in [-0.25, -0.2) is 9.37 Å². The van der Waals surface area contributed by atoms with Crippen LogP contribution in [0, 0.1) is 5.82 Å². The lowest BCUT2D eigenvalue weighted by molar-refractivity contribution is 0.295. The number of ether oxygens (including phenoxy) is 1. The van der Waals surface area contributed by atoms with Gasteiger partial charge in [-0.3, -0.25) is 0 Å². The molecule has 0 aliphatic carbocycles. The highest BCUT2D eigenvalue weighted by atomic mass is 19.1. The molecule has 4 nitrogen and oxygen atoms in total. The molecule has 2 aromatic rings. The van der Waals surface area contributed by atoms with E-state index in [1.165, 1.54) is 12.1 Å². The lowest BCUT2D eigenvalue weighted by Gasteiger charge is -2.11. The van der Waals surface area contributed by atoms with E-state index in [1.54, 1.807) is 12.5 Å². The summed E-state index contributed by atoms with van der Waals surface area (Å²) in [6.45, 7) is 5.10. The van der Waals surface area contributed by atoms with E-state index >= 15 is 0 Å². The predicted molar refractivity (Wildman–Crippen MR) is 75.9 cm³/mol. The molecule has 0 atom stereocenters. The Morgan fingerprint density at radius 3 is 2.80 bits per heavy atom. The molecular weight excluding hydrogens is 257 g/mol. The monoisotopic (exact) mass is 277 g/mol. The first-order chi connectivity index (χ1) is 9.54. The minimum atomic E-state index is -0.284. The number of aryl methyl sites for hydroxylation is 1. The minimum absolute atomic E-state index is 0.284. The maximum atomic E-state index is 13.6. The van der Waals surface area contributed by atoms with Gasteiger partial charge in [0, 0.05) is 25.7 Å². The van der Waals surface area contributed by atoms with Crippen LogP contribution in [0.5, 0.6) is 5.75 Å². The quantitative estimate of drug-likeness (QED) is 0.882. The van der Waals surface area contributed by atoms with E-state index in [9.17, 15) is 4.39 Å². The van der Waals surface area contributed by atoms with Crippen LogP contribution in [0.4, 0.5) is 4.39 Å². The van der Waals surface area contributed by atoms with Crippen LogP contribution in [0.1, 0.15) is 25.1 Å². The van der Waals surface area contributed by atoms with Crippen molar-refractivity contribution in [1.29, 1.82) is 0 Å². The van der Waals surface area contributed by atoms with Crippen molar-refractivity contribution in [2.45, 2.75) is 33.0 Å². The number of aromatic nitrogens is 2. The highest BCUT2D eigenvalue weighted by molar-refractivity contribution is 5.29. The molecule has 1 N–H and O–H groups in total. The minimum Gasteiger partial charge on any atom is -0.487 e. The summed E-state index contributed by atoms with van der Waals surface area (Å²) in [6, 6.07) is 5.13. The second-order valence-corrected chi connectivity index (χ2v) is 5.12. The van der Waals surface area contributed by atoms with Crippen molar-refractivity contribution in [2.24, 2.45) is 7.05 Å². The Hall–Kier alpha value is -1.88. The number of halogens is 1. The van der Waals surface area contributed by atoms with Gasteiger partial charge < -0.3 is 14.6 Å². The largest absolute Gasteiger partial charge is 0.487 e. The summed E-state index contributed by atoms with van der Waals surface area (Å²) < 4.78 is 21.1. The summed E-state index contributed by atoms with van der Waals surface area (Å²) in [5, 5.41) is 3.26. The SMILES string of the molecule is CC(C)NCc1cc(F)cc(OCc2cncn2C)c1. The Morgan fingerprint density at radius 2 is 2.15 bits per heavy atom. The lowest BCUT2D eigenvalue weighted by atomic mass is 10.2. The maximum Gasteiger partial charge on any atom is 0.130 e. The van der Waals surface area contributed by atoms with E-state index in [1.807, 2.05) is 17.7 Å². The van der Waals surface area contributed by atoms with Crippen LogP contribution in [-0.4, -0.2) is 15.6 Å². The summed E-state index contributed by atoms with van der Waals surface area (Å²) in [4.78, 5) is 4.02. The average molecular weight is 277 g/mol. The third kappa shape index (κ3) is 4.06. The Bertz CT molecular complexity index is 566. The van der Waals surface area contributed by atoms with Gasteiger partial charge in [0.15, 0.2) is 0 Å². The molecule has 0 bridgehead atoms. The molecule has 1 aromatic heterocycles. The van der Waals surface area contributed by atoms with Crippen molar-refractivity contribution in [1.82, 2.24) is 14.9 Å². The normalized spacial score (nSPS) is 11.1. The number of nitrogens with zero attached hydrogens (tertiary/aromatic N) is 2. The van der Waals surface area contributed by atoms with Crippen LogP contribution in [0.25, 0.3) is 0 Å². The molecule has 2 rings (SSSR count). The molecule has 0 amide bonds. The molecule has 0 saturated heterocycles. The zero-order chi connectivity index (χ0) is 14.5. The van der Waals surface area contributed by atoms with Crippen molar-refractivity contribution in [2.75, 3.05) is 0 Å². The van der Waals surface area contributed by atoms with Crippen molar-refractivity contribution in [3.8, 4) is 5.75 Å². The van der Waals surface area contributed by atoms with Crippen molar-refractivity contribution in [3.63, 3.8) is 0 Å². The Balaban J connectivity index is 2.02. The van der Waals surface area contributed by atoms with Gasteiger partial charge in [0.05, 0.1) is 18.2 Å². The first-order valence-electron chi connectivity index (χ1n) is 6.65. The molecule has 1 aromatic carbocycles. The van der Waals surface area contributed by atoms with Crippen LogP contribution in [-0.2, 0) is 20.2 Å². The lowest BCUT2D eigenvalue weighted by Crippen LogP contribution is -2.21. The van der Waals surface area contributed by atoms with Gasteiger partial charge in [-0.15, -0.1) is 0 Å². The van der Waals surface area contributed by atoms with E-state index in [2.05, 4.69) is 24.1 Å². The van der Waals surface area contributed by atoms with Crippen LogP contribution in [0.15, 0.2) is 30.7 Å². The Kier molecular flexibility index (Phi) is 4.74. The van der Waals surface area contributed by atoms with Crippen LogP contribution >= 0.6 is 0 Å². The third-order valence-electron chi connectivity index (χ3n) is 2.95. The molecule has 0 unspecified atom stereocenters. The summed E-state index contributed by atoms with van der Waals surface area (Å²) in [7, 11) is 1.90. The standard InChI is InChI=1S/C15H20FN3O/c1-11(2)18-7-12-4-13(16)6-15(5-12)20-9-14-8-17-10-19(14)3/h4-6,8,10-11,18H,7,9H2,1-3H3. The van der Waals surface area contributed by atoms with Gasteiger partial charge >= 0.3 is 0 Å². The number of rotatable bonds is 6. The number of benzene rings is 1. The van der Waals surface area contributed by atoms with E-state index in [-0.39, 0.29) is 5.82 Å². The zero-order valence-electron chi connectivity index (χ0n) is 12.1. The molecule has 0 aliphatic rings. The predicted octanol–water partition coefficient (Wildman–Crippen LogP) is 2.64. The summed E-state index contributed by atoms with van der Waals surface area (Å²) in [5.74, 6) is 0.250. The first kappa shape index (κ1) is 14.5. The number of hydrogen-bond donors (Lipinski definition) is 1. The second kappa shape index (κ2) is 6.52. The Morgan fingerprint density at radius 1 is 1.35 bits per heavy atom. The van der Waals surface area contributed by atoms with E-state index in [4.69, 9.17) is 4.74 Å². The molecular formula is C15H20FN3O. The maximum absolute atomic E-state index is 13.6. The van der Waals surface area contributed by atoms with E-state index < -0.39 is 0 Å². The number of hydrogen-bond acceptors (Lipinski definition) is 3.